The van der Waals surface area contributed by atoms with E-state index in [4.69, 9.17) is 9.84 Å². The number of carbonyl (C=O) groups excluding carboxylic acids is 1. The van der Waals surface area contributed by atoms with Gasteiger partial charge in [0.1, 0.15) is 5.75 Å². The predicted octanol–water partition coefficient (Wildman–Crippen LogP) is 2.89. The van der Waals surface area contributed by atoms with E-state index in [1.165, 1.54) is 12.8 Å². The van der Waals surface area contributed by atoms with Crippen molar-refractivity contribution < 1.29 is 14.6 Å². The molecular formula is C18H27NO3. The molecule has 4 unspecified atom stereocenters. The summed E-state index contributed by atoms with van der Waals surface area (Å²) in [4.78, 5) is 12.3. The van der Waals surface area contributed by atoms with Crippen LogP contribution in [0.4, 0.5) is 0 Å². The molecule has 22 heavy (non-hydrogen) atoms. The standard InChI is InChI=1S/C18H27NO3/c1-12-6-4-9-17(13(12)2)19-18(21)14(3)22-16-8-5-7-15(10-16)11-20/h5,7-8,10,12-14,17,20H,4,6,9,11H2,1-3H3,(H,19,21). The first-order chi connectivity index (χ1) is 10.5. The summed E-state index contributed by atoms with van der Waals surface area (Å²) in [6.07, 6.45) is 2.92. The van der Waals surface area contributed by atoms with Gasteiger partial charge in [0.2, 0.25) is 0 Å². The Morgan fingerprint density at radius 2 is 2.18 bits per heavy atom. The van der Waals surface area contributed by atoms with E-state index < -0.39 is 6.10 Å². The molecule has 0 saturated heterocycles. The molecule has 1 amide bonds. The van der Waals surface area contributed by atoms with Crippen molar-refractivity contribution in [2.45, 2.75) is 58.8 Å². The Morgan fingerprint density at radius 3 is 2.91 bits per heavy atom. The number of hydrogen-bond donors (Lipinski definition) is 2. The van der Waals surface area contributed by atoms with Crippen molar-refractivity contribution in [3.05, 3.63) is 29.8 Å². The van der Waals surface area contributed by atoms with E-state index in [9.17, 15) is 4.79 Å². The molecule has 122 valence electrons. The van der Waals surface area contributed by atoms with E-state index in [2.05, 4.69) is 19.2 Å². The van der Waals surface area contributed by atoms with Crippen LogP contribution in [0, 0.1) is 11.8 Å². The first-order valence-corrected chi connectivity index (χ1v) is 8.18. The lowest BCUT2D eigenvalue weighted by atomic mass is 9.78. The van der Waals surface area contributed by atoms with Gasteiger partial charge in [-0.1, -0.05) is 38.8 Å². The van der Waals surface area contributed by atoms with Gasteiger partial charge in [-0.3, -0.25) is 4.79 Å². The maximum atomic E-state index is 12.3. The molecular weight excluding hydrogens is 278 g/mol. The molecule has 1 aromatic rings. The molecule has 4 atom stereocenters. The molecule has 4 heteroatoms. The molecule has 0 heterocycles. The maximum absolute atomic E-state index is 12.3. The highest BCUT2D eigenvalue weighted by Crippen LogP contribution is 2.29. The zero-order valence-electron chi connectivity index (χ0n) is 13.7. The summed E-state index contributed by atoms with van der Waals surface area (Å²) in [6, 6.07) is 7.44. The zero-order chi connectivity index (χ0) is 16.1. The van der Waals surface area contributed by atoms with Crippen molar-refractivity contribution in [3.8, 4) is 5.75 Å². The summed E-state index contributed by atoms with van der Waals surface area (Å²) in [7, 11) is 0. The van der Waals surface area contributed by atoms with Gasteiger partial charge < -0.3 is 15.2 Å². The highest BCUT2D eigenvalue weighted by atomic mass is 16.5. The van der Waals surface area contributed by atoms with Crippen molar-refractivity contribution in [1.29, 1.82) is 0 Å². The number of aliphatic hydroxyl groups is 1. The van der Waals surface area contributed by atoms with E-state index in [0.29, 0.717) is 17.6 Å². The molecule has 1 fully saturated rings. The Morgan fingerprint density at radius 1 is 1.41 bits per heavy atom. The smallest absolute Gasteiger partial charge is 0.261 e. The third-order valence-corrected chi connectivity index (χ3v) is 4.80. The summed E-state index contributed by atoms with van der Waals surface area (Å²) in [5, 5.41) is 12.3. The van der Waals surface area contributed by atoms with E-state index in [1.807, 2.05) is 12.1 Å². The average molecular weight is 305 g/mol. The zero-order valence-corrected chi connectivity index (χ0v) is 13.7. The van der Waals surface area contributed by atoms with Crippen LogP contribution < -0.4 is 10.1 Å². The summed E-state index contributed by atoms with van der Waals surface area (Å²) in [5.41, 5.74) is 0.778. The fourth-order valence-electron chi connectivity index (χ4n) is 3.06. The van der Waals surface area contributed by atoms with Gasteiger partial charge >= 0.3 is 0 Å². The number of nitrogens with one attached hydrogen (secondary N) is 1. The van der Waals surface area contributed by atoms with Gasteiger partial charge in [-0.2, -0.15) is 0 Å². The summed E-state index contributed by atoms with van der Waals surface area (Å²) in [6.45, 7) is 6.20. The van der Waals surface area contributed by atoms with Crippen LogP contribution in [-0.2, 0) is 11.4 Å². The lowest BCUT2D eigenvalue weighted by Crippen LogP contribution is -2.48. The fourth-order valence-corrected chi connectivity index (χ4v) is 3.06. The number of rotatable bonds is 5. The number of hydrogen-bond acceptors (Lipinski definition) is 3. The van der Waals surface area contributed by atoms with Crippen molar-refractivity contribution in [1.82, 2.24) is 5.32 Å². The molecule has 0 bridgehead atoms. The van der Waals surface area contributed by atoms with Crippen molar-refractivity contribution in [2.24, 2.45) is 11.8 Å². The van der Waals surface area contributed by atoms with E-state index in [1.54, 1.807) is 19.1 Å². The van der Waals surface area contributed by atoms with Crippen LogP contribution in [0.5, 0.6) is 5.75 Å². The Balaban J connectivity index is 1.91. The van der Waals surface area contributed by atoms with E-state index in [0.717, 1.165) is 12.0 Å². The molecule has 1 aromatic carbocycles. The van der Waals surface area contributed by atoms with Crippen LogP contribution in [0.2, 0.25) is 0 Å². The van der Waals surface area contributed by atoms with E-state index >= 15 is 0 Å². The molecule has 0 aliphatic heterocycles. The quantitative estimate of drug-likeness (QED) is 0.879. The van der Waals surface area contributed by atoms with Crippen LogP contribution >= 0.6 is 0 Å². The number of amides is 1. The fraction of sp³-hybridized carbons (Fsp3) is 0.611. The molecule has 0 aromatic heterocycles. The monoisotopic (exact) mass is 305 g/mol. The lowest BCUT2D eigenvalue weighted by Gasteiger charge is -2.35. The third-order valence-electron chi connectivity index (χ3n) is 4.80. The minimum absolute atomic E-state index is 0.0325. The largest absolute Gasteiger partial charge is 0.481 e. The van der Waals surface area contributed by atoms with Gasteiger partial charge in [-0.25, -0.2) is 0 Å². The minimum Gasteiger partial charge on any atom is -0.481 e. The summed E-state index contributed by atoms with van der Waals surface area (Å²) in [5.74, 6) is 1.69. The number of benzene rings is 1. The average Bonchev–Trinajstić information content (AvgIpc) is 2.52. The summed E-state index contributed by atoms with van der Waals surface area (Å²) >= 11 is 0. The first kappa shape index (κ1) is 16.8. The topological polar surface area (TPSA) is 58.6 Å². The van der Waals surface area contributed by atoms with Gasteiger partial charge in [-0.05, 0) is 42.9 Å². The van der Waals surface area contributed by atoms with Crippen LogP contribution in [0.25, 0.3) is 0 Å². The Kier molecular flexibility index (Phi) is 5.83. The molecule has 0 radical (unpaired) electrons. The molecule has 4 nitrogen and oxygen atoms in total. The number of carbonyl (C=O) groups is 1. The van der Waals surface area contributed by atoms with Gasteiger partial charge in [0.25, 0.3) is 5.91 Å². The van der Waals surface area contributed by atoms with Crippen molar-refractivity contribution in [3.63, 3.8) is 0 Å². The molecule has 2 N–H and O–H groups in total. The Bertz CT molecular complexity index is 503. The molecule has 1 aliphatic rings. The van der Waals surface area contributed by atoms with E-state index in [-0.39, 0.29) is 18.6 Å². The second-order valence-electron chi connectivity index (χ2n) is 6.45. The molecule has 2 rings (SSSR count). The molecule has 1 aliphatic carbocycles. The highest BCUT2D eigenvalue weighted by Gasteiger charge is 2.29. The Labute approximate surface area is 132 Å². The van der Waals surface area contributed by atoms with Crippen LogP contribution in [0.3, 0.4) is 0 Å². The van der Waals surface area contributed by atoms with Crippen molar-refractivity contribution >= 4 is 5.91 Å². The lowest BCUT2D eigenvalue weighted by molar-refractivity contribution is -0.128. The minimum atomic E-state index is -0.543. The third kappa shape index (κ3) is 4.23. The number of ether oxygens (including phenoxy) is 1. The number of aliphatic hydroxyl groups excluding tert-OH is 1. The second kappa shape index (κ2) is 7.63. The molecule has 1 saturated carbocycles. The first-order valence-electron chi connectivity index (χ1n) is 8.18. The van der Waals surface area contributed by atoms with Gasteiger partial charge in [-0.15, -0.1) is 0 Å². The van der Waals surface area contributed by atoms with Gasteiger partial charge in [0, 0.05) is 6.04 Å². The van der Waals surface area contributed by atoms with Crippen molar-refractivity contribution in [2.75, 3.05) is 0 Å². The molecule has 0 spiro atoms. The predicted molar refractivity (Wildman–Crippen MR) is 86.6 cm³/mol. The normalized spacial score (nSPS) is 26.3. The Hall–Kier alpha value is -1.55. The maximum Gasteiger partial charge on any atom is 0.261 e. The van der Waals surface area contributed by atoms with Gasteiger partial charge in [0.05, 0.1) is 6.61 Å². The SMILES string of the molecule is CC(Oc1cccc(CO)c1)C(=O)NC1CCCC(C)C1C. The van der Waals surface area contributed by atoms with Crippen LogP contribution in [0.15, 0.2) is 24.3 Å². The van der Waals surface area contributed by atoms with Gasteiger partial charge in [0.15, 0.2) is 6.10 Å². The highest BCUT2D eigenvalue weighted by molar-refractivity contribution is 5.81. The summed E-state index contributed by atoms with van der Waals surface area (Å²) < 4.78 is 5.70. The van der Waals surface area contributed by atoms with Crippen LogP contribution in [-0.4, -0.2) is 23.2 Å². The second-order valence-corrected chi connectivity index (χ2v) is 6.45. The van der Waals surface area contributed by atoms with Crippen LogP contribution in [0.1, 0.15) is 45.6 Å².